The summed E-state index contributed by atoms with van der Waals surface area (Å²) in [6.45, 7) is 2.01. The van der Waals surface area contributed by atoms with Crippen molar-refractivity contribution in [3.8, 4) is 5.75 Å². The predicted octanol–water partition coefficient (Wildman–Crippen LogP) is 10.3. The molecular weight excluding hydrogens is 799 g/mol. The van der Waals surface area contributed by atoms with Crippen molar-refractivity contribution in [3.63, 3.8) is 0 Å². The van der Waals surface area contributed by atoms with E-state index in [1.807, 2.05) is 19.1 Å². The number of halogens is 3. The molecule has 0 fully saturated rings. The van der Waals surface area contributed by atoms with E-state index in [9.17, 15) is 19.2 Å². The molecule has 0 radical (unpaired) electrons. The highest BCUT2D eigenvalue weighted by molar-refractivity contribution is 9.10. The van der Waals surface area contributed by atoms with Crippen LogP contribution in [0, 0.1) is 0 Å². The zero-order valence-electron chi connectivity index (χ0n) is 28.2. The average molecular weight is 831 g/mol. The molecule has 4 N–H and O–H groups in total. The lowest BCUT2D eigenvalue weighted by Gasteiger charge is -2.16. The molecule has 9 nitrogen and oxygen atoms in total. The summed E-state index contributed by atoms with van der Waals surface area (Å²) in [5.41, 5.74) is 3.95. The molecule has 268 valence electrons. The van der Waals surface area contributed by atoms with Crippen LogP contribution in [0.25, 0.3) is 0 Å². The average Bonchev–Trinajstić information content (AvgIpc) is 3.53. The van der Waals surface area contributed by atoms with Crippen LogP contribution in [0.15, 0.2) is 125 Å². The summed E-state index contributed by atoms with van der Waals surface area (Å²) in [6, 6.07) is 30.5. The van der Waals surface area contributed by atoms with Gasteiger partial charge in [0, 0.05) is 50.1 Å². The number of hydrogen-bond donors (Lipinski definition) is 4. The molecule has 0 aromatic heterocycles. The maximum absolute atomic E-state index is 13.5. The van der Waals surface area contributed by atoms with E-state index in [-0.39, 0.29) is 39.5 Å². The predicted molar refractivity (Wildman–Crippen MR) is 217 cm³/mol. The quantitative estimate of drug-likeness (QED) is 0.111. The molecule has 0 bridgehead atoms. The van der Waals surface area contributed by atoms with E-state index >= 15 is 0 Å². The van der Waals surface area contributed by atoms with E-state index in [4.69, 9.17) is 27.9 Å². The van der Waals surface area contributed by atoms with Crippen molar-refractivity contribution in [1.29, 1.82) is 0 Å². The first-order valence-corrected chi connectivity index (χ1v) is 18.6. The second-order valence-corrected chi connectivity index (χ2v) is 15.1. The highest BCUT2D eigenvalue weighted by atomic mass is 79.9. The fourth-order valence-corrected chi connectivity index (χ4v) is 7.62. The lowest BCUT2D eigenvalue weighted by molar-refractivity contribution is -0.112. The second kappa shape index (κ2) is 16.7. The van der Waals surface area contributed by atoms with E-state index in [0.717, 1.165) is 5.56 Å². The molecule has 0 saturated heterocycles. The van der Waals surface area contributed by atoms with Crippen molar-refractivity contribution in [2.75, 3.05) is 28.4 Å². The van der Waals surface area contributed by atoms with Crippen LogP contribution in [0.1, 0.15) is 49.5 Å². The first-order valence-electron chi connectivity index (χ1n) is 16.2. The van der Waals surface area contributed by atoms with Gasteiger partial charge in [0.05, 0.1) is 27.1 Å². The Labute approximate surface area is 328 Å². The van der Waals surface area contributed by atoms with E-state index in [1.165, 1.54) is 11.8 Å². The Balaban J connectivity index is 1.11. The van der Waals surface area contributed by atoms with Gasteiger partial charge in [0.25, 0.3) is 23.6 Å². The van der Waals surface area contributed by atoms with Crippen molar-refractivity contribution in [3.05, 3.63) is 157 Å². The van der Waals surface area contributed by atoms with E-state index in [0.29, 0.717) is 54.0 Å². The summed E-state index contributed by atoms with van der Waals surface area (Å²) < 4.78 is 5.88. The van der Waals surface area contributed by atoms with Gasteiger partial charge < -0.3 is 26.0 Å². The van der Waals surface area contributed by atoms with Gasteiger partial charge in [-0.2, -0.15) is 0 Å². The van der Waals surface area contributed by atoms with Gasteiger partial charge in [0.1, 0.15) is 5.75 Å². The number of allylic oxidation sites excluding steroid dienone is 1. The molecule has 2 atom stereocenters. The molecule has 2 unspecified atom stereocenters. The molecule has 5 aromatic rings. The van der Waals surface area contributed by atoms with Gasteiger partial charge in [-0.25, -0.2) is 0 Å². The molecule has 1 heterocycles. The Morgan fingerprint density at radius 3 is 1.79 bits per heavy atom. The number of methoxy groups -OCH3 is 1. The van der Waals surface area contributed by atoms with Gasteiger partial charge in [0.15, 0.2) is 0 Å². The van der Waals surface area contributed by atoms with Crippen LogP contribution >= 0.6 is 50.9 Å². The van der Waals surface area contributed by atoms with Crippen LogP contribution in [-0.2, 0) is 4.79 Å². The van der Waals surface area contributed by atoms with E-state index < -0.39 is 5.91 Å². The third kappa shape index (κ3) is 9.30. The number of benzene rings is 5. The number of rotatable bonds is 10. The van der Waals surface area contributed by atoms with Crippen LogP contribution in [0.4, 0.5) is 22.7 Å². The highest BCUT2D eigenvalue weighted by Gasteiger charge is 2.30. The normalized spacial score (nSPS) is 14.8. The minimum atomic E-state index is -0.428. The highest BCUT2D eigenvalue weighted by Crippen LogP contribution is 2.43. The molecule has 1 aliphatic heterocycles. The maximum Gasteiger partial charge on any atom is 0.261 e. The summed E-state index contributed by atoms with van der Waals surface area (Å²) in [5, 5.41) is 12.3. The molecule has 5 aromatic carbocycles. The number of anilines is 4. The zero-order valence-corrected chi connectivity index (χ0v) is 32.1. The van der Waals surface area contributed by atoms with E-state index in [2.05, 4.69) is 37.2 Å². The molecule has 0 spiro atoms. The zero-order chi connectivity index (χ0) is 37.6. The molecular formula is C40H31BrCl2N4O5S. The second-order valence-electron chi connectivity index (χ2n) is 12.0. The Hall–Kier alpha value is -5.07. The molecule has 53 heavy (non-hydrogen) atoms. The lowest BCUT2D eigenvalue weighted by atomic mass is 9.94. The Kier molecular flexibility index (Phi) is 11.9. The fraction of sp³-hybridized carbons (Fsp3) is 0.100. The number of carbonyl (C=O) groups is 4. The van der Waals surface area contributed by atoms with Gasteiger partial charge >= 0.3 is 0 Å². The van der Waals surface area contributed by atoms with Crippen LogP contribution in [0.3, 0.4) is 0 Å². The van der Waals surface area contributed by atoms with Gasteiger partial charge in [-0.3, -0.25) is 19.2 Å². The van der Waals surface area contributed by atoms with Gasteiger partial charge in [0.2, 0.25) is 0 Å². The smallest absolute Gasteiger partial charge is 0.261 e. The summed E-state index contributed by atoms with van der Waals surface area (Å²) in [6.07, 6.45) is 1.88. The van der Waals surface area contributed by atoms with Crippen molar-refractivity contribution in [1.82, 2.24) is 0 Å². The van der Waals surface area contributed by atoms with Gasteiger partial charge in [-0.05, 0) is 112 Å². The number of carbonyl (C=O) groups excluding carboxylic acids is 4. The number of amides is 4. The van der Waals surface area contributed by atoms with E-state index in [1.54, 1.807) is 110 Å². The fourth-order valence-electron chi connectivity index (χ4n) is 5.59. The number of thioether (sulfide) groups is 1. The summed E-state index contributed by atoms with van der Waals surface area (Å²) in [5.74, 6) is -0.916. The third-order valence-electron chi connectivity index (χ3n) is 8.27. The Morgan fingerprint density at radius 2 is 1.21 bits per heavy atom. The van der Waals surface area contributed by atoms with Crippen molar-refractivity contribution >= 4 is 97.3 Å². The van der Waals surface area contributed by atoms with Crippen LogP contribution in [0.2, 0.25) is 10.0 Å². The molecule has 0 aliphatic carbocycles. The molecule has 0 saturated carbocycles. The maximum atomic E-state index is 13.5. The largest absolute Gasteiger partial charge is 0.496 e. The number of nitrogens with one attached hydrogen (secondary N) is 4. The molecule has 1 aliphatic rings. The standard InChI is InChI=1S/C40H31BrCl2N4O5S/c1-22-31(21-36(53-22)40(51)47-30-8-4-5-27(20-30)44-37(48)23-9-13-26(42)14-10-23)24-11-15-34(43)32(17-24)39(50)46-29-7-3-6-28(19-29)45-38(49)25-12-16-35(52-2)33(41)18-25/h3-22,31H,1-2H3,(H,44,48)(H,45,49)(H,46,50)(H,47,51). The van der Waals surface area contributed by atoms with Gasteiger partial charge in [-0.15, -0.1) is 11.8 Å². The first-order chi connectivity index (χ1) is 25.5. The minimum Gasteiger partial charge on any atom is -0.496 e. The lowest BCUT2D eigenvalue weighted by Crippen LogP contribution is -2.15. The Bertz CT molecular complexity index is 2270. The van der Waals surface area contributed by atoms with Crippen molar-refractivity contribution < 1.29 is 23.9 Å². The summed E-state index contributed by atoms with van der Waals surface area (Å²) in [7, 11) is 1.55. The van der Waals surface area contributed by atoms with Crippen molar-refractivity contribution in [2.45, 2.75) is 18.1 Å². The molecule has 6 rings (SSSR count). The SMILES string of the molecule is COc1ccc(C(=O)Nc2cccc(NC(=O)c3cc(C4C=C(C(=O)Nc5cccc(NC(=O)c6ccc(Cl)cc6)c5)SC4C)ccc3Cl)c2)cc1Br. The first kappa shape index (κ1) is 37.7. The van der Waals surface area contributed by atoms with Gasteiger partial charge in [-0.1, -0.05) is 54.4 Å². The molecule has 13 heteroatoms. The Morgan fingerprint density at radius 1 is 0.660 bits per heavy atom. The van der Waals surface area contributed by atoms with Crippen molar-refractivity contribution in [2.24, 2.45) is 0 Å². The molecule has 4 amide bonds. The number of hydrogen-bond acceptors (Lipinski definition) is 6. The topological polar surface area (TPSA) is 126 Å². The minimum absolute atomic E-state index is 0.00977. The van der Waals surface area contributed by atoms with Crippen LogP contribution in [0.5, 0.6) is 5.75 Å². The summed E-state index contributed by atoms with van der Waals surface area (Å²) >= 11 is 17.3. The van der Waals surface area contributed by atoms with Crippen LogP contribution < -0.4 is 26.0 Å². The third-order valence-corrected chi connectivity index (χ3v) is 10.7. The van der Waals surface area contributed by atoms with Crippen LogP contribution in [-0.4, -0.2) is 36.0 Å². The number of ether oxygens (including phenoxy) is 1. The monoisotopic (exact) mass is 828 g/mol. The summed E-state index contributed by atoms with van der Waals surface area (Å²) in [4.78, 5) is 52.9.